The highest BCUT2D eigenvalue weighted by Crippen LogP contribution is 2.38. The molecule has 0 atom stereocenters. The summed E-state index contributed by atoms with van der Waals surface area (Å²) in [6.45, 7) is 0. The molecule has 0 aliphatic rings. The van der Waals surface area contributed by atoms with Crippen molar-refractivity contribution < 1.29 is 5.11 Å². The normalized spacial score (nSPS) is 10.7. The Morgan fingerprint density at radius 1 is 0.957 bits per heavy atom. The Hall–Kier alpha value is -1.63. The summed E-state index contributed by atoms with van der Waals surface area (Å²) in [5.41, 5.74) is 8.43. The van der Waals surface area contributed by atoms with Crippen molar-refractivity contribution in [2.24, 2.45) is 0 Å². The summed E-state index contributed by atoms with van der Waals surface area (Å²) in [5.74, 6) is 0.219. The Labute approximate surface area is 154 Å². The molecule has 4 nitrogen and oxygen atoms in total. The van der Waals surface area contributed by atoms with Crippen molar-refractivity contribution in [2.75, 3.05) is 5.73 Å². The molecule has 3 aromatic rings. The van der Waals surface area contributed by atoms with Crippen LogP contribution >= 0.6 is 43.5 Å². The summed E-state index contributed by atoms with van der Waals surface area (Å²) in [4.78, 5) is 8.48. The van der Waals surface area contributed by atoms with E-state index in [1.807, 2.05) is 12.1 Å². The van der Waals surface area contributed by atoms with Crippen LogP contribution < -0.4 is 5.73 Å². The third kappa shape index (κ3) is 3.49. The van der Waals surface area contributed by atoms with E-state index in [2.05, 4.69) is 41.8 Å². The van der Waals surface area contributed by atoms with E-state index in [0.717, 1.165) is 10.0 Å². The maximum absolute atomic E-state index is 10.3. The fraction of sp³-hybridized carbons (Fsp3) is 0. The lowest BCUT2D eigenvalue weighted by atomic mass is 10.1. The molecule has 0 bridgehead atoms. The molecule has 116 valence electrons. The molecule has 0 saturated carbocycles. The number of benzene rings is 2. The summed E-state index contributed by atoms with van der Waals surface area (Å²) in [7, 11) is 0. The van der Waals surface area contributed by atoms with E-state index in [1.54, 1.807) is 30.3 Å². The minimum Gasteiger partial charge on any atom is -0.506 e. The zero-order valence-electron chi connectivity index (χ0n) is 11.6. The summed E-state index contributed by atoms with van der Waals surface area (Å²) in [6, 6.07) is 12.6. The Bertz CT molecular complexity index is 885. The highest BCUT2D eigenvalue weighted by atomic mass is 79.9. The van der Waals surface area contributed by atoms with Crippen molar-refractivity contribution in [3.05, 3.63) is 56.4 Å². The Morgan fingerprint density at radius 2 is 1.61 bits per heavy atom. The number of phenolic OH excluding ortho intramolecular Hbond substituents is 1. The molecule has 0 radical (unpaired) electrons. The van der Waals surface area contributed by atoms with Crippen molar-refractivity contribution in [2.45, 2.75) is 0 Å². The average Bonchev–Trinajstić information content (AvgIpc) is 2.51. The molecule has 0 aliphatic heterocycles. The third-order valence-corrected chi connectivity index (χ3v) is 4.50. The number of nitrogens with two attached hydrogens (primary N) is 1. The van der Waals surface area contributed by atoms with Crippen LogP contribution in [-0.2, 0) is 0 Å². The fourth-order valence-corrected chi connectivity index (χ4v) is 3.48. The molecule has 3 N–H and O–H groups in total. The van der Waals surface area contributed by atoms with E-state index in [-0.39, 0.29) is 11.7 Å². The SMILES string of the molecule is Nc1nc(-c2ccc(Cl)cc2)cc(-c2cc(Br)cc(Br)c2O)n1. The number of hydrogen-bond donors (Lipinski definition) is 2. The van der Waals surface area contributed by atoms with Gasteiger partial charge in [-0.2, -0.15) is 0 Å². The van der Waals surface area contributed by atoms with E-state index < -0.39 is 0 Å². The largest absolute Gasteiger partial charge is 0.506 e. The van der Waals surface area contributed by atoms with Gasteiger partial charge in [-0.3, -0.25) is 0 Å². The van der Waals surface area contributed by atoms with Gasteiger partial charge in [-0.05, 0) is 46.3 Å². The first kappa shape index (κ1) is 16.2. The van der Waals surface area contributed by atoms with E-state index in [1.165, 1.54) is 0 Å². The molecular formula is C16H10Br2ClN3O. The van der Waals surface area contributed by atoms with Gasteiger partial charge in [0.1, 0.15) is 5.75 Å². The first-order chi connectivity index (χ1) is 10.9. The number of anilines is 1. The lowest BCUT2D eigenvalue weighted by molar-refractivity contribution is 0.473. The van der Waals surface area contributed by atoms with Crippen LogP contribution in [-0.4, -0.2) is 15.1 Å². The van der Waals surface area contributed by atoms with Crippen LogP contribution in [0, 0.1) is 0 Å². The number of nitrogens with zero attached hydrogens (tertiary/aromatic N) is 2. The van der Waals surface area contributed by atoms with E-state index in [4.69, 9.17) is 17.3 Å². The summed E-state index contributed by atoms with van der Waals surface area (Å²) in [6.07, 6.45) is 0. The fourth-order valence-electron chi connectivity index (χ4n) is 2.13. The highest BCUT2D eigenvalue weighted by molar-refractivity contribution is 9.11. The van der Waals surface area contributed by atoms with Crippen molar-refractivity contribution in [1.82, 2.24) is 9.97 Å². The number of aromatic hydroxyl groups is 1. The van der Waals surface area contributed by atoms with Crippen molar-refractivity contribution in [1.29, 1.82) is 0 Å². The minimum absolute atomic E-state index is 0.0911. The van der Waals surface area contributed by atoms with Crippen LogP contribution in [0.1, 0.15) is 0 Å². The lowest BCUT2D eigenvalue weighted by Gasteiger charge is -2.10. The molecular weight excluding hydrogens is 445 g/mol. The zero-order chi connectivity index (χ0) is 16.6. The highest BCUT2D eigenvalue weighted by Gasteiger charge is 2.13. The molecule has 1 heterocycles. The van der Waals surface area contributed by atoms with E-state index in [0.29, 0.717) is 26.4 Å². The molecule has 23 heavy (non-hydrogen) atoms. The zero-order valence-corrected chi connectivity index (χ0v) is 15.5. The smallest absolute Gasteiger partial charge is 0.221 e. The number of phenols is 1. The second-order valence-corrected chi connectivity index (χ2v) is 6.99. The van der Waals surface area contributed by atoms with Gasteiger partial charge in [0.25, 0.3) is 0 Å². The molecule has 0 amide bonds. The van der Waals surface area contributed by atoms with Gasteiger partial charge in [0.2, 0.25) is 5.95 Å². The molecule has 0 unspecified atom stereocenters. The van der Waals surface area contributed by atoms with Gasteiger partial charge in [-0.1, -0.05) is 39.7 Å². The van der Waals surface area contributed by atoms with Gasteiger partial charge in [0, 0.05) is 20.6 Å². The van der Waals surface area contributed by atoms with Gasteiger partial charge >= 0.3 is 0 Å². The first-order valence-electron chi connectivity index (χ1n) is 6.53. The Balaban J connectivity index is 2.17. The Kier molecular flexibility index (Phi) is 4.57. The lowest BCUT2D eigenvalue weighted by Crippen LogP contribution is -1.99. The van der Waals surface area contributed by atoms with Crippen molar-refractivity contribution in [3.63, 3.8) is 0 Å². The molecule has 2 aromatic carbocycles. The van der Waals surface area contributed by atoms with Crippen LogP contribution in [0.3, 0.4) is 0 Å². The van der Waals surface area contributed by atoms with Gasteiger partial charge in [-0.15, -0.1) is 0 Å². The predicted octanol–water partition coefficient (Wildman–Crippen LogP) is 5.28. The molecule has 1 aromatic heterocycles. The second kappa shape index (κ2) is 6.47. The first-order valence-corrected chi connectivity index (χ1v) is 8.49. The number of hydrogen-bond acceptors (Lipinski definition) is 4. The number of nitrogen functional groups attached to an aromatic ring is 1. The van der Waals surface area contributed by atoms with Crippen LogP contribution in [0.2, 0.25) is 5.02 Å². The summed E-state index contributed by atoms with van der Waals surface area (Å²) in [5, 5.41) is 10.9. The molecule has 7 heteroatoms. The predicted molar refractivity (Wildman–Crippen MR) is 99.4 cm³/mol. The molecule has 0 fully saturated rings. The van der Waals surface area contributed by atoms with Crippen molar-refractivity contribution >= 4 is 49.4 Å². The summed E-state index contributed by atoms with van der Waals surface area (Å²) >= 11 is 12.6. The van der Waals surface area contributed by atoms with Crippen LogP contribution in [0.5, 0.6) is 5.75 Å². The maximum atomic E-state index is 10.3. The molecule has 0 spiro atoms. The third-order valence-electron chi connectivity index (χ3n) is 3.19. The average molecular weight is 456 g/mol. The van der Waals surface area contributed by atoms with Crippen molar-refractivity contribution in [3.8, 4) is 28.3 Å². The Morgan fingerprint density at radius 3 is 2.30 bits per heavy atom. The number of aromatic nitrogens is 2. The molecule has 0 aliphatic carbocycles. The van der Waals surface area contributed by atoms with Gasteiger partial charge in [0.05, 0.1) is 15.9 Å². The second-order valence-electron chi connectivity index (χ2n) is 4.79. The summed E-state index contributed by atoms with van der Waals surface area (Å²) < 4.78 is 1.37. The van der Waals surface area contributed by atoms with Gasteiger partial charge in [0.15, 0.2) is 0 Å². The van der Waals surface area contributed by atoms with Gasteiger partial charge < -0.3 is 10.8 Å². The topological polar surface area (TPSA) is 72.0 Å². The maximum Gasteiger partial charge on any atom is 0.221 e. The standard InChI is InChI=1S/C16H10Br2ClN3O/c17-9-5-11(15(23)12(18)6-9)14-7-13(21-16(20)22-14)8-1-3-10(19)4-2-8/h1-7,23H,(H2,20,21,22). The van der Waals surface area contributed by atoms with E-state index in [9.17, 15) is 5.11 Å². The van der Waals surface area contributed by atoms with Crippen LogP contribution in [0.25, 0.3) is 22.5 Å². The molecule has 0 saturated heterocycles. The number of halogens is 3. The van der Waals surface area contributed by atoms with Crippen LogP contribution in [0.4, 0.5) is 5.95 Å². The van der Waals surface area contributed by atoms with E-state index >= 15 is 0 Å². The van der Waals surface area contributed by atoms with Gasteiger partial charge in [-0.25, -0.2) is 9.97 Å². The van der Waals surface area contributed by atoms with Crippen LogP contribution in [0.15, 0.2) is 51.4 Å². The number of rotatable bonds is 2. The quantitative estimate of drug-likeness (QED) is 0.552. The monoisotopic (exact) mass is 453 g/mol. The minimum atomic E-state index is 0.0911. The molecule has 3 rings (SSSR count).